The van der Waals surface area contributed by atoms with E-state index in [9.17, 15) is 9.59 Å². The van der Waals surface area contributed by atoms with Crippen LogP contribution in [0, 0.1) is 13.8 Å². The van der Waals surface area contributed by atoms with Crippen LogP contribution in [0.3, 0.4) is 0 Å². The molecule has 0 bridgehead atoms. The molecule has 6 heteroatoms. The molecule has 1 atom stereocenters. The van der Waals surface area contributed by atoms with Gasteiger partial charge < -0.3 is 9.80 Å². The van der Waals surface area contributed by atoms with Gasteiger partial charge in [0, 0.05) is 31.9 Å². The maximum absolute atomic E-state index is 13.0. The van der Waals surface area contributed by atoms with Gasteiger partial charge in [-0.1, -0.05) is 35.8 Å². The molecule has 1 unspecified atom stereocenters. The molecule has 0 saturated carbocycles. The van der Waals surface area contributed by atoms with E-state index in [1.54, 1.807) is 3.96 Å². The number of benzene rings is 2. The Bertz CT molecular complexity index is 1080. The van der Waals surface area contributed by atoms with Gasteiger partial charge in [0.05, 0.1) is 10.1 Å². The Labute approximate surface area is 169 Å². The van der Waals surface area contributed by atoms with Gasteiger partial charge >= 0.3 is 0 Å². The number of fused-ring (bicyclic) bond motifs is 1. The smallest absolute Gasteiger partial charge is 0.269 e. The lowest BCUT2D eigenvalue weighted by Crippen LogP contribution is -2.50. The summed E-state index contributed by atoms with van der Waals surface area (Å²) in [4.78, 5) is 29.9. The second-order valence-corrected chi connectivity index (χ2v) is 8.51. The first-order valence-electron chi connectivity index (χ1n) is 9.67. The maximum Gasteiger partial charge on any atom is 0.269 e. The first-order valence-corrected chi connectivity index (χ1v) is 10.4. The van der Waals surface area contributed by atoms with E-state index in [-0.39, 0.29) is 11.5 Å². The summed E-state index contributed by atoms with van der Waals surface area (Å²) in [5.41, 5.74) is 3.68. The predicted molar refractivity (Wildman–Crippen MR) is 116 cm³/mol. The molecule has 2 heterocycles. The summed E-state index contributed by atoms with van der Waals surface area (Å²) in [5.74, 6) is 0.0225. The third-order valence-electron chi connectivity index (χ3n) is 5.52. The Morgan fingerprint density at radius 3 is 2.46 bits per heavy atom. The molecule has 1 aromatic heterocycles. The van der Waals surface area contributed by atoms with Gasteiger partial charge in [-0.15, -0.1) is 0 Å². The second kappa shape index (κ2) is 7.43. The van der Waals surface area contributed by atoms with Crippen molar-refractivity contribution in [3.63, 3.8) is 0 Å². The fraction of sp³-hybridized carbons (Fsp3) is 0.364. The molecule has 1 aliphatic rings. The number of hydrogen-bond donors (Lipinski definition) is 0. The van der Waals surface area contributed by atoms with Gasteiger partial charge in [-0.25, -0.2) is 0 Å². The average molecular weight is 396 g/mol. The molecule has 1 aliphatic heterocycles. The number of aryl methyl sites for hydroxylation is 2. The Kier molecular flexibility index (Phi) is 4.98. The number of amides is 1. The number of aromatic nitrogens is 1. The van der Waals surface area contributed by atoms with Crippen molar-refractivity contribution in [2.24, 2.45) is 0 Å². The van der Waals surface area contributed by atoms with Gasteiger partial charge in [0.2, 0.25) is 5.91 Å². The van der Waals surface area contributed by atoms with Crippen molar-refractivity contribution in [1.82, 2.24) is 8.86 Å². The highest BCUT2D eigenvalue weighted by atomic mass is 32.1. The van der Waals surface area contributed by atoms with Crippen molar-refractivity contribution in [3.05, 3.63) is 63.9 Å². The topological polar surface area (TPSA) is 45.5 Å². The Balaban J connectivity index is 1.48. The zero-order valence-electron chi connectivity index (χ0n) is 16.5. The van der Waals surface area contributed by atoms with E-state index in [4.69, 9.17) is 0 Å². The standard InChI is InChI=1S/C22H25N3O2S/c1-15-8-9-16(2)19(14-15)23-10-12-24(13-11-23)21(26)17(3)25-22(27)18-6-4-5-7-20(18)28-25/h4-9,14,17H,10-13H2,1-3H3. The van der Waals surface area contributed by atoms with Gasteiger partial charge in [-0.3, -0.25) is 13.5 Å². The van der Waals surface area contributed by atoms with Crippen LogP contribution >= 0.6 is 11.5 Å². The third kappa shape index (κ3) is 3.33. The quantitative estimate of drug-likeness (QED) is 0.681. The first kappa shape index (κ1) is 18.7. The molecule has 0 N–H and O–H groups in total. The molecule has 3 aromatic rings. The number of nitrogens with zero attached hydrogens (tertiary/aromatic N) is 3. The molecule has 0 radical (unpaired) electrons. The summed E-state index contributed by atoms with van der Waals surface area (Å²) >= 11 is 1.37. The summed E-state index contributed by atoms with van der Waals surface area (Å²) < 4.78 is 2.54. The number of carbonyl (C=O) groups is 1. The van der Waals surface area contributed by atoms with Gasteiger partial charge in [0.15, 0.2) is 0 Å². The number of carbonyl (C=O) groups excluding carboxylic acids is 1. The van der Waals surface area contributed by atoms with Crippen LogP contribution in [-0.2, 0) is 4.79 Å². The molecular formula is C22H25N3O2S. The fourth-order valence-electron chi connectivity index (χ4n) is 3.84. The number of rotatable bonds is 3. The molecule has 0 spiro atoms. The van der Waals surface area contributed by atoms with E-state index < -0.39 is 6.04 Å². The van der Waals surface area contributed by atoms with Gasteiger partial charge in [0.25, 0.3) is 5.56 Å². The largest absolute Gasteiger partial charge is 0.368 e. The van der Waals surface area contributed by atoms with E-state index >= 15 is 0 Å². The molecule has 2 aromatic carbocycles. The second-order valence-electron chi connectivity index (χ2n) is 7.50. The monoisotopic (exact) mass is 395 g/mol. The number of hydrogen-bond acceptors (Lipinski definition) is 4. The number of anilines is 1. The SMILES string of the molecule is Cc1ccc(C)c(N2CCN(C(=O)C(C)n3sc4ccccc4c3=O)CC2)c1. The molecule has 5 nitrogen and oxygen atoms in total. The van der Waals surface area contributed by atoms with Crippen LogP contribution in [0.5, 0.6) is 0 Å². The van der Waals surface area contributed by atoms with Gasteiger partial charge in [-0.05, 0) is 50.1 Å². The van der Waals surface area contributed by atoms with Crippen LogP contribution in [0.15, 0.2) is 47.3 Å². The Morgan fingerprint density at radius 1 is 1.04 bits per heavy atom. The summed E-state index contributed by atoms with van der Waals surface area (Å²) in [6, 6.07) is 13.6. The van der Waals surface area contributed by atoms with Crippen molar-refractivity contribution in [2.45, 2.75) is 26.8 Å². The molecule has 146 valence electrons. The molecule has 0 aliphatic carbocycles. The molecule has 1 amide bonds. The summed E-state index contributed by atoms with van der Waals surface area (Å²) in [5, 5.41) is 0.687. The van der Waals surface area contributed by atoms with E-state index in [1.807, 2.05) is 36.1 Å². The molecule has 1 saturated heterocycles. The van der Waals surface area contributed by atoms with Crippen LogP contribution in [0.4, 0.5) is 5.69 Å². The van der Waals surface area contributed by atoms with Crippen LogP contribution in [0.1, 0.15) is 24.1 Å². The molecule has 1 fully saturated rings. The molecule has 4 rings (SSSR count). The van der Waals surface area contributed by atoms with E-state index in [0.717, 1.165) is 17.8 Å². The summed E-state index contributed by atoms with van der Waals surface area (Å²) in [7, 11) is 0. The first-order chi connectivity index (χ1) is 13.5. The predicted octanol–water partition coefficient (Wildman–Crippen LogP) is 3.59. The highest BCUT2D eigenvalue weighted by molar-refractivity contribution is 7.14. The van der Waals surface area contributed by atoms with Crippen LogP contribution in [0.2, 0.25) is 0 Å². The van der Waals surface area contributed by atoms with Crippen molar-refractivity contribution in [3.8, 4) is 0 Å². The van der Waals surface area contributed by atoms with Crippen LogP contribution in [0.25, 0.3) is 10.1 Å². The van der Waals surface area contributed by atoms with E-state index in [0.29, 0.717) is 18.5 Å². The minimum atomic E-state index is -0.475. The van der Waals surface area contributed by atoms with Gasteiger partial charge in [-0.2, -0.15) is 0 Å². The third-order valence-corrected chi connectivity index (χ3v) is 6.75. The fourth-order valence-corrected chi connectivity index (χ4v) is 4.87. The van der Waals surface area contributed by atoms with Crippen LogP contribution in [-0.4, -0.2) is 40.9 Å². The average Bonchev–Trinajstić information content (AvgIpc) is 3.06. The van der Waals surface area contributed by atoms with Crippen molar-refractivity contribution in [1.29, 1.82) is 0 Å². The normalized spacial score (nSPS) is 15.8. The van der Waals surface area contributed by atoms with Crippen molar-refractivity contribution in [2.75, 3.05) is 31.1 Å². The highest BCUT2D eigenvalue weighted by Gasteiger charge is 2.28. The minimum absolute atomic E-state index is 0.0225. The molecule has 28 heavy (non-hydrogen) atoms. The highest BCUT2D eigenvalue weighted by Crippen LogP contribution is 2.24. The lowest BCUT2D eigenvalue weighted by molar-refractivity contribution is -0.134. The lowest BCUT2D eigenvalue weighted by atomic mass is 10.1. The van der Waals surface area contributed by atoms with E-state index in [2.05, 4.69) is 36.9 Å². The number of piperazine rings is 1. The van der Waals surface area contributed by atoms with Gasteiger partial charge in [0.1, 0.15) is 6.04 Å². The van der Waals surface area contributed by atoms with Crippen LogP contribution < -0.4 is 10.5 Å². The zero-order valence-corrected chi connectivity index (χ0v) is 17.3. The summed E-state index contributed by atoms with van der Waals surface area (Å²) in [6.45, 7) is 9.03. The Morgan fingerprint density at radius 2 is 1.75 bits per heavy atom. The van der Waals surface area contributed by atoms with E-state index in [1.165, 1.54) is 28.3 Å². The van der Waals surface area contributed by atoms with Crippen molar-refractivity contribution >= 4 is 33.2 Å². The molecular weight excluding hydrogens is 370 g/mol. The van der Waals surface area contributed by atoms with Crippen molar-refractivity contribution < 1.29 is 4.79 Å². The lowest BCUT2D eigenvalue weighted by Gasteiger charge is -2.37. The maximum atomic E-state index is 13.0. The Hall–Kier alpha value is -2.60. The zero-order chi connectivity index (χ0) is 19.8. The summed E-state index contributed by atoms with van der Waals surface area (Å²) in [6.07, 6.45) is 0. The minimum Gasteiger partial charge on any atom is -0.368 e.